The molecule has 3 aliphatic rings. The van der Waals surface area contributed by atoms with Crippen molar-refractivity contribution in [3.63, 3.8) is 0 Å². The average molecular weight is 484 g/mol. The van der Waals surface area contributed by atoms with Crippen LogP contribution in [0.2, 0.25) is 0 Å². The van der Waals surface area contributed by atoms with E-state index in [1.807, 2.05) is 36.4 Å². The molecule has 6 heteroatoms. The zero-order valence-corrected chi connectivity index (χ0v) is 19.4. The van der Waals surface area contributed by atoms with Crippen LogP contribution in [0.1, 0.15) is 32.8 Å². The number of alkyl halides is 1. The van der Waals surface area contributed by atoms with Gasteiger partial charge in [-0.15, -0.1) is 0 Å². The van der Waals surface area contributed by atoms with Crippen molar-refractivity contribution in [2.75, 3.05) is 5.32 Å². The number of benzene rings is 2. The maximum absolute atomic E-state index is 13.0. The van der Waals surface area contributed by atoms with Gasteiger partial charge in [-0.3, -0.25) is 9.59 Å². The predicted octanol–water partition coefficient (Wildman–Crippen LogP) is 5.29. The van der Waals surface area contributed by atoms with E-state index in [4.69, 9.17) is 9.47 Å². The lowest BCUT2D eigenvalue weighted by Gasteiger charge is -2.27. The van der Waals surface area contributed by atoms with Crippen molar-refractivity contribution in [2.45, 2.75) is 43.5 Å². The molecule has 2 aliphatic carbocycles. The molecule has 6 atom stereocenters. The monoisotopic (exact) mass is 483 g/mol. The van der Waals surface area contributed by atoms with E-state index in [2.05, 4.69) is 54.2 Å². The summed E-state index contributed by atoms with van der Waals surface area (Å²) in [5, 5.41) is 2.98. The van der Waals surface area contributed by atoms with Gasteiger partial charge in [-0.1, -0.05) is 48.8 Å². The minimum Gasteiger partial charge on any atom is -0.461 e. The van der Waals surface area contributed by atoms with Crippen LogP contribution in [0.4, 0.5) is 5.69 Å². The second kappa shape index (κ2) is 7.37. The van der Waals surface area contributed by atoms with E-state index in [9.17, 15) is 9.59 Å². The molecule has 0 aromatic heterocycles. The van der Waals surface area contributed by atoms with E-state index in [1.165, 1.54) is 5.56 Å². The third kappa shape index (κ3) is 3.55. The summed E-state index contributed by atoms with van der Waals surface area (Å²) in [6, 6.07) is 15.4. The number of nitrogens with one attached hydrogen (secondary N) is 1. The fourth-order valence-corrected chi connectivity index (χ4v) is 6.37. The maximum Gasteiger partial charge on any atom is 0.310 e. The van der Waals surface area contributed by atoms with Crippen molar-refractivity contribution in [1.82, 2.24) is 0 Å². The largest absolute Gasteiger partial charge is 0.461 e. The van der Waals surface area contributed by atoms with E-state index in [0.29, 0.717) is 11.4 Å². The maximum atomic E-state index is 13.0. The van der Waals surface area contributed by atoms with E-state index >= 15 is 0 Å². The molecule has 1 N–H and O–H groups in total. The molecule has 5 nitrogen and oxygen atoms in total. The highest BCUT2D eigenvalue weighted by molar-refractivity contribution is 9.09. The number of ether oxygens (including phenoxy) is 2. The van der Waals surface area contributed by atoms with Gasteiger partial charge < -0.3 is 14.8 Å². The highest BCUT2D eigenvalue weighted by Crippen LogP contribution is 2.60. The van der Waals surface area contributed by atoms with Crippen LogP contribution in [0.25, 0.3) is 0 Å². The Hall–Kier alpha value is -2.34. The minimum absolute atomic E-state index is 0.0661. The summed E-state index contributed by atoms with van der Waals surface area (Å²) in [4.78, 5) is 25.3. The number of hydrogen-bond acceptors (Lipinski definition) is 4. The molecular weight excluding hydrogens is 458 g/mol. The Bertz CT molecular complexity index is 1010. The van der Waals surface area contributed by atoms with E-state index in [1.54, 1.807) is 0 Å². The number of anilines is 1. The van der Waals surface area contributed by atoms with Crippen LogP contribution in [-0.4, -0.2) is 22.8 Å². The molecule has 0 radical (unpaired) electrons. The van der Waals surface area contributed by atoms with Crippen molar-refractivity contribution in [3.8, 4) is 11.5 Å². The van der Waals surface area contributed by atoms with Crippen LogP contribution >= 0.6 is 15.9 Å². The molecule has 0 unspecified atom stereocenters. The second-order valence-corrected chi connectivity index (χ2v) is 10.9. The third-order valence-electron chi connectivity index (χ3n) is 6.90. The summed E-state index contributed by atoms with van der Waals surface area (Å²) < 4.78 is 11.4. The molecular formula is C25H26BrNO4. The molecule has 1 aliphatic heterocycles. The Labute approximate surface area is 190 Å². The molecule has 2 saturated carbocycles. The quantitative estimate of drug-likeness (QED) is 0.474. The van der Waals surface area contributed by atoms with Crippen molar-refractivity contribution in [2.24, 2.45) is 23.7 Å². The van der Waals surface area contributed by atoms with E-state index in [-0.39, 0.29) is 51.9 Å². The second-order valence-electron chi connectivity index (χ2n) is 9.85. The molecule has 2 aromatic rings. The smallest absolute Gasteiger partial charge is 0.310 e. The predicted molar refractivity (Wildman–Crippen MR) is 121 cm³/mol. The third-order valence-corrected chi connectivity index (χ3v) is 8.10. The normalized spacial score (nSPS) is 30.9. The van der Waals surface area contributed by atoms with Gasteiger partial charge in [-0.2, -0.15) is 0 Å². The first-order chi connectivity index (χ1) is 14.7. The first-order valence-corrected chi connectivity index (χ1v) is 11.7. The molecule has 2 bridgehead atoms. The van der Waals surface area contributed by atoms with Crippen LogP contribution in [0.5, 0.6) is 11.5 Å². The number of carbonyl (C=O) groups is 2. The Kier molecular flexibility index (Phi) is 4.88. The number of carbonyl (C=O) groups excluding carboxylic acids is 2. The van der Waals surface area contributed by atoms with E-state index in [0.717, 1.165) is 12.2 Å². The number of esters is 1. The molecule has 5 rings (SSSR count). The fraction of sp³-hybridized carbons (Fsp3) is 0.440. The van der Waals surface area contributed by atoms with Gasteiger partial charge in [0.1, 0.15) is 17.6 Å². The van der Waals surface area contributed by atoms with Gasteiger partial charge >= 0.3 is 5.97 Å². The standard InChI is InChI=1S/C25H26BrNO4/c1-25(2,3)13-4-8-15(9-5-13)30-16-10-6-14(7-11-16)27-23(28)19-17-12-18-20(19)24(29)31-22(18)21(17)26/h4-11,17-22H,12H2,1-3H3,(H,27,28)/t17-,18-,19+,20+,21-,22+/m1/s1. The number of halogens is 1. The summed E-state index contributed by atoms with van der Waals surface area (Å²) in [5.74, 6) is 0.809. The first kappa shape index (κ1) is 20.6. The lowest BCUT2D eigenvalue weighted by Crippen LogP contribution is -2.40. The molecule has 162 valence electrons. The van der Waals surface area contributed by atoms with Crippen LogP contribution in [0, 0.1) is 23.7 Å². The van der Waals surface area contributed by atoms with Crippen LogP contribution < -0.4 is 10.1 Å². The van der Waals surface area contributed by atoms with Gasteiger partial charge in [-0.25, -0.2) is 0 Å². The Morgan fingerprint density at radius 2 is 1.65 bits per heavy atom. The molecule has 31 heavy (non-hydrogen) atoms. The fourth-order valence-electron chi connectivity index (χ4n) is 5.32. The molecule has 1 heterocycles. The highest BCUT2D eigenvalue weighted by Gasteiger charge is 2.67. The van der Waals surface area contributed by atoms with Crippen LogP contribution in [0.3, 0.4) is 0 Å². The number of hydrogen-bond donors (Lipinski definition) is 1. The molecule has 1 amide bonds. The number of rotatable bonds is 4. The summed E-state index contributed by atoms with van der Waals surface area (Å²) in [6.07, 6.45) is 0.802. The van der Waals surface area contributed by atoms with Gasteiger partial charge in [0.25, 0.3) is 0 Å². The summed E-state index contributed by atoms with van der Waals surface area (Å²) in [6.45, 7) is 6.54. The van der Waals surface area contributed by atoms with Crippen molar-refractivity contribution >= 4 is 33.5 Å². The van der Waals surface area contributed by atoms with Gasteiger partial charge in [-0.05, 0) is 59.7 Å². The molecule has 0 spiro atoms. The summed E-state index contributed by atoms with van der Waals surface area (Å²) in [7, 11) is 0. The van der Waals surface area contributed by atoms with Gasteiger partial charge in [0.2, 0.25) is 5.91 Å². The van der Waals surface area contributed by atoms with Crippen LogP contribution in [-0.2, 0) is 19.7 Å². The molecule has 3 fully saturated rings. The summed E-state index contributed by atoms with van der Waals surface area (Å²) in [5.41, 5.74) is 2.04. The minimum atomic E-state index is -0.335. The average Bonchev–Trinajstić information content (AvgIpc) is 3.33. The Morgan fingerprint density at radius 3 is 2.26 bits per heavy atom. The SMILES string of the molecule is CC(C)(C)c1ccc(Oc2ccc(NC(=O)[C@H]3[C@H]4C[C@H]5[C@H](OC(=O)[C@@H]53)[C@@H]4Br)cc2)cc1. The number of fused-ring (bicyclic) bond motifs is 1. The lowest BCUT2D eigenvalue weighted by atomic mass is 9.79. The van der Waals surface area contributed by atoms with E-state index < -0.39 is 0 Å². The highest BCUT2D eigenvalue weighted by atomic mass is 79.9. The zero-order chi connectivity index (χ0) is 21.9. The van der Waals surface area contributed by atoms with Gasteiger partial charge in [0.15, 0.2) is 0 Å². The summed E-state index contributed by atoms with van der Waals surface area (Å²) >= 11 is 3.65. The zero-order valence-electron chi connectivity index (χ0n) is 17.8. The Balaban J connectivity index is 1.24. The lowest BCUT2D eigenvalue weighted by molar-refractivity contribution is -0.145. The first-order valence-electron chi connectivity index (χ1n) is 10.8. The van der Waals surface area contributed by atoms with Crippen LogP contribution in [0.15, 0.2) is 48.5 Å². The van der Waals surface area contributed by atoms with Gasteiger partial charge in [0.05, 0.1) is 16.7 Å². The van der Waals surface area contributed by atoms with Crippen molar-refractivity contribution in [3.05, 3.63) is 54.1 Å². The molecule has 2 aromatic carbocycles. The Morgan fingerprint density at radius 1 is 1.03 bits per heavy atom. The van der Waals surface area contributed by atoms with Crippen molar-refractivity contribution in [1.29, 1.82) is 0 Å². The van der Waals surface area contributed by atoms with Crippen molar-refractivity contribution < 1.29 is 19.1 Å². The number of amides is 1. The topological polar surface area (TPSA) is 64.6 Å². The van der Waals surface area contributed by atoms with Gasteiger partial charge in [0, 0.05) is 11.6 Å². The molecule has 1 saturated heterocycles.